The molecular formula is C41H47NO6. The van der Waals surface area contributed by atoms with Crippen LogP contribution in [0.3, 0.4) is 0 Å². The predicted molar refractivity (Wildman–Crippen MR) is 183 cm³/mol. The molecule has 1 amide bonds. The lowest BCUT2D eigenvalue weighted by Gasteiger charge is -2.71. The molecule has 8 unspecified atom stereocenters. The van der Waals surface area contributed by atoms with Gasteiger partial charge in [0.2, 0.25) is 5.78 Å². The van der Waals surface area contributed by atoms with Gasteiger partial charge in [0.15, 0.2) is 5.76 Å². The number of fused-ring (bicyclic) bond motifs is 2. The molecule has 7 heteroatoms. The standard InChI is InChI=1S/C41H47NO6/c1-4-47-36(45)42(25-28-11-7-10-27-9-5-6-12-30(27)28)26-40(46)19-16-34-38(40,3)18-15-33-37(2)17-14-29(43)23-39(37)20-21-41(33,34)31(24-39)35(44)32-13-8-22-48-32/h5-13,20-22,24,29,33-34,43,46H,4,14-19,23,25-26H2,1-3H3. The number of rotatable bonds is 7. The highest BCUT2D eigenvalue weighted by Gasteiger charge is 2.74. The van der Waals surface area contributed by atoms with Crippen LogP contribution in [-0.2, 0) is 11.3 Å². The smallest absolute Gasteiger partial charge is 0.410 e. The van der Waals surface area contributed by atoms with E-state index in [4.69, 9.17) is 9.15 Å². The fourth-order valence-electron chi connectivity index (χ4n) is 11.5. The molecule has 48 heavy (non-hydrogen) atoms. The van der Waals surface area contributed by atoms with Crippen molar-refractivity contribution in [3.8, 4) is 0 Å². The van der Waals surface area contributed by atoms with Crippen molar-refractivity contribution in [2.75, 3.05) is 13.2 Å². The molecule has 7 nitrogen and oxygen atoms in total. The zero-order chi connectivity index (χ0) is 33.5. The predicted octanol–water partition coefficient (Wildman–Crippen LogP) is 7.87. The Labute approximate surface area is 282 Å². The molecule has 9 rings (SSSR count). The molecular weight excluding hydrogens is 602 g/mol. The largest absolute Gasteiger partial charge is 0.461 e. The van der Waals surface area contributed by atoms with Gasteiger partial charge in [-0.1, -0.05) is 74.5 Å². The summed E-state index contributed by atoms with van der Waals surface area (Å²) in [7, 11) is 0. The first-order valence-corrected chi connectivity index (χ1v) is 17.8. The first kappa shape index (κ1) is 31.6. The number of nitrogens with zero attached hydrogens (tertiary/aromatic N) is 1. The summed E-state index contributed by atoms with van der Waals surface area (Å²) < 4.78 is 11.3. The van der Waals surface area contributed by atoms with Gasteiger partial charge < -0.3 is 24.3 Å². The molecule has 3 fully saturated rings. The molecule has 2 bridgehead atoms. The number of benzene rings is 2. The van der Waals surface area contributed by atoms with E-state index in [0.717, 1.165) is 54.0 Å². The van der Waals surface area contributed by atoms with Crippen LogP contribution in [0.25, 0.3) is 10.8 Å². The Balaban J connectivity index is 1.20. The minimum atomic E-state index is -1.20. The van der Waals surface area contributed by atoms with Gasteiger partial charge in [0.25, 0.3) is 0 Å². The third-order valence-corrected chi connectivity index (χ3v) is 13.9. The van der Waals surface area contributed by atoms with Crippen molar-refractivity contribution in [1.29, 1.82) is 0 Å². The molecule has 252 valence electrons. The van der Waals surface area contributed by atoms with E-state index in [1.165, 1.54) is 0 Å². The maximum atomic E-state index is 14.5. The molecule has 6 aliphatic carbocycles. The summed E-state index contributed by atoms with van der Waals surface area (Å²) in [5.74, 6) is 0.381. The Morgan fingerprint density at radius 1 is 0.938 bits per heavy atom. The fraction of sp³-hybridized carbons (Fsp3) is 0.512. The van der Waals surface area contributed by atoms with Crippen LogP contribution < -0.4 is 0 Å². The topological polar surface area (TPSA) is 100 Å². The summed E-state index contributed by atoms with van der Waals surface area (Å²) in [4.78, 5) is 29.8. The highest BCUT2D eigenvalue weighted by Crippen LogP contribution is 2.78. The minimum Gasteiger partial charge on any atom is -0.461 e. The van der Waals surface area contributed by atoms with E-state index >= 15 is 0 Å². The molecule has 6 aliphatic rings. The van der Waals surface area contributed by atoms with Crippen molar-refractivity contribution in [1.82, 2.24) is 4.90 Å². The Morgan fingerprint density at radius 3 is 2.48 bits per heavy atom. The molecule has 1 heterocycles. The monoisotopic (exact) mass is 649 g/mol. The number of Topliss-reactive ketones (excluding diaryl/α,β-unsaturated/α-hetero) is 1. The van der Waals surface area contributed by atoms with E-state index in [2.05, 4.69) is 50.3 Å². The number of hydrogen-bond donors (Lipinski definition) is 2. The van der Waals surface area contributed by atoms with Gasteiger partial charge in [0.05, 0.1) is 31.1 Å². The van der Waals surface area contributed by atoms with Crippen LogP contribution in [0.4, 0.5) is 4.79 Å². The second-order valence-corrected chi connectivity index (χ2v) is 15.8. The molecule has 3 saturated carbocycles. The van der Waals surface area contributed by atoms with Crippen LogP contribution in [0.15, 0.2) is 89.1 Å². The second kappa shape index (κ2) is 10.9. The van der Waals surface area contributed by atoms with Crippen molar-refractivity contribution in [2.45, 2.75) is 84.0 Å². The highest BCUT2D eigenvalue weighted by atomic mass is 16.6. The number of carbonyl (C=O) groups is 2. The second-order valence-electron chi connectivity index (χ2n) is 15.8. The molecule has 0 saturated heterocycles. The van der Waals surface area contributed by atoms with Crippen LogP contribution >= 0.6 is 0 Å². The number of allylic oxidation sites excluding steroid dienone is 4. The van der Waals surface area contributed by atoms with Crippen molar-refractivity contribution < 1.29 is 29.0 Å². The van der Waals surface area contributed by atoms with Crippen LogP contribution in [0.2, 0.25) is 0 Å². The number of ketones is 1. The maximum absolute atomic E-state index is 14.5. The molecule has 2 spiro atoms. The van der Waals surface area contributed by atoms with Crippen molar-refractivity contribution >= 4 is 22.6 Å². The van der Waals surface area contributed by atoms with Gasteiger partial charge in [0.1, 0.15) is 0 Å². The lowest BCUT2D eigenvalue weighted by molar-refractivity contribution is -0.175. The highest BCUT2D eigenvalue weighted by molar-refractivity contribution is 6.08. The van der Waals surface area contributed by atoms with E-state index in [1.807, 2.05) is 31.2 Å². The molecule has 1 aromatic heterocycles. The first-order chi connectivity index (χ1) is 23.0. The maximum Gasteiger partial charge on any atom is 0.410 e. The summed E-state index contributed by atoms with van der Waals surface area (Å²) in [6, 6.07) is 17.8. The average Bonchev–Trinajstić information content (AvgIpc) is 3.71. The SMILES string of the molecule is CCOC(=O)N(Cc1cccc2ccccc12)CC1(O)CCC2C34C=CC5(C=C3C(=O)c3ccco3)CC(O)CCC5(C)C4CCC21C. The summed E-state index contributed by atoms with van der Waals surface area (Å²) in [5, 5.41) is 26.1. The Bertz CT molecular complexity index is 1820. The van der Waals surface area contributed by atoms with Gasteiger partial charge in [0, 0.05) is 28.4 Å². The van der Waals surface area contributed by atoms with Gasteiger partial charge in [-0.25, -0.2) is 4.79 Å². The van der Waals surface area contributed by atoms with Crippen molar-refractivity contribution in [3.63, 3.8) is 0 Å². The summed E-state index contributed by atoms with van der Waals surface area (Å²) in [6.45, 7) is 7.10. The van der Waals surface area contributed by atoms with Crippen LogP contribution in [0.1, 0.15) is 81.8 Å². The van der Waals surface area contributed by atoms with Crippen LogP contribution in [0.5, 0.6) is 0 Å². The van der Waals surface area contributed by atoms with E-state index in [9.17, 15) is 19.8 Å². The van der Waals surface area contributed by atoms with E-state index < -0.39 is 34.0 Å². The normalized spacial score (nSPS) is 37.8. The number of furan rings is 1. The van der Waals surface area contributed by atoms with Gasteiger partial charge in [-0.3, -0.25) is 4.79 Å². The summed E-state index contributed by atoms with van der Waals surface area (Å²) in [6.07, 6.45) is 12.6. The van der Waals surface area contributed by atoms with Gasteiger partial charge >= 0.3 is 6.09 Å². The van der Waals surface area contributed by atoms with Gasteiger partial charge in [-0.05, 0) is 97.6 Å². The van der Waals surface area contributed by atoms with Gasteiger partial charge in [-0.15, -0.1) is 0 Å². The molecule has 3 aromatic rings. The van der Waals surface area contributed by atoms with Crippen molar-refractivity contribution in [2.24, 2.45) is 33.5 Å². The van der Waals surface area contributed by atoms with Gasteiger partial charge in [-0.2, -0.15) is 0 Å². The molecule has 8 atom stereocenters. The molecule has 0 radical (unpaired) electrons. The fourth-order valence-corrected chi connectivity index (χ4v) is 11.5. The van der Waals surface area contributed by atoms with E-state index in [1.54, 1.807) is 23.3 Å². The van der Waals surface area contributed by atoms with E-state index in [-0.39, 0.29) is 36.2 Å². The first-order valence-electron chi connectivity index (χ1n) is 17.8. The van der Waals surface area contributed by atoms with Crippen LogP contribution in [0, 0.1) is 33.5 Å². The molecule has 0 aliphatic heterocycles. The average molecular weight is 650 g/mol. The van der Waals surface area contributed by atoms with Crippen LogP contribution in [-0.4, -0.2) is 51.8 Å². The molecule has 2 N–H and O–H groups in total. The number of aliphatic hydroxyl groups is 2. The zero-order valence-electron chi connectivity index (χ0n) is 28.3. The number of carbonyl (C=O) groups excluding carboxylic acids is 2. The lowest BCUT2D eigenvalue weighted by Crippen LogP contribution is -2.67. The minimum absolute atomic E-state index is 0.0289. The Morgan fingerprint density at radius 2 is 1.69 bits per heavy atom. The summed E-state index contributed by atoms with van der Waals surface area (Å²) in [5.41, 5.74) is -1.14. The quantitative estimate of drug-likeness (QED) is 0.200. The van der Waals surface area contributed by atoms with E-state index in [0.29, 0.717) is 25.1 Å². The molecule has 2 aromatic carbocycles. The Hall–Kier alpha value is -3.68. The number of hydrogen-bond acceptors (Lipinski definition) is 6. The Kier molecular flexibility index (Phi) is 7.18. The third-order valence-electron chi connectivity index (χ3n) is 13.9. The number of aliphatic hydroxyl groups excluding tert-OH is 1. The summed E-state index contributed by atoms with van der Waals surface area (Å²) >= 11 is 0. The number of amides is 1. The zero-order valence-corrected chi connectivity index (χ0v) is 28.3. The number of ether oxygens (including phenoxy) is 1. The lowest BCUT2D eigenvalue weighted by atomic mass is 9.32. The van der Waals surface area contributed by atoms with Crippen molar-refractivity contribution in [3.05, 3.63) is 96.0 Å². The third kappa shape index (κ3) is 4.19.